The Morgan fingerprint density at radius 2 is 1.81 bits per heavy atom. The minimum atomic E-state index is -0.899. The number of hydrogen-bond donors (Lipinski definition) is 2. The van der Waals surface area contributed by atoms with Gasteiger partial charge in [0.25, 0.3) is 0 Å². The zero-order valence-corrected chi connectivity index (χ0v) is 17.4. The Balaban J connectivity index is 1.60. The molecule has 3 aromatic rings. The second-order valence-electron chi connectivity index (χ2n) is 8.05. The first-order chi connectivity index (χ1) is 15.3. The molecule has 1 saturated heterocycles. The third kappa shape index (κ3) is 4.37. The molecule has 0 saturated carbocycles. The first-order valence-electron chi connectivity index (χ1n) is 10.3. The standard InChI is InChI=1S/C24H23F2N3O3/c1-14-12-29(13-22(31)24(14)32)20-8-9-27-11-15(20)10-21(30)18-6-3-7-19(28-18)23-16(25)4-2-5-17(23)26/h2-9,11,14,22,24,31-32H,10,12-13H2,1H3/t14-,22+,24+/m0/s1. The first kappa shape index (κ1) is 22.0. The Bertz CT molecular complexity index is 1110. The topological polar surface area (TPSA) is 86.6 Å². The molecule has 1 aliphatic rings. The summed E-state index contributed by atoms with van der Waals surface area (Å²) in [5, 5.41) is 20.2. The molecule has 3 atom stereocenters. The van der Waals surface area contributed by atoms with Gasteiger partial charge in [0.2, 0.25) is 0 Å². The molecule has 0 unspecified atom stereocenters. The van der Waals surface area contributed by atoms with Crippen LogP contribution in [0.4, 0.5) is 14.5 Å². The Hall–Kier alpha value is -3.23. The molecule has 0 radical (unpaired) electrons. The van der Waals surface area contributed by atoms with Gasteiger partial charge in [0.05, 0.1) is 23.5 Å². The second kappa shape index (κ2) is 9.10. The molecule has 1 fully saturated rings. The molecule has 0 amide bonds. The molecule has 32 heavy (non-hydrogen) atoms. The molecule has 4 rings (SSSR count). The minimum absolute atomic E-state index is 0.0249. The third-order valence-electron chi connectivity index (χ3n) is 5.72. The first-order valence-corrected chi connectivity index (χ1v) is 10.3. The van der Waals surface area contributed by atoms with Gasteiger partial charge in [0.15, 0.2) is 5.78 Å². The molecule has 8 heteroatoms. The van der Waals surface area contributed by atoms with Gasteiger partial charge < -0.3 is 15.1 Å². The lowest BCUT2D eigenvalue weighted by Gasteiger charge is -2.39. The van der Waals surface area contributed by atoms with Crippen molar-refractivity contribution in [2.75, 3.05) is 18.0 Å². The molecule has 6 nitrogen and oxygen atoms in total. The molecule has 1 aliphatic heterocycles. The zero-order chi connectivity index (χ0) is 22.8. The number of benzene rings is 1. The van der Waals surface area contributed by atoms with Crippen molar-refractivity contribution in [3.63, 3.8) is 0 Å². The Morgan fingerprint density at radius 1 is 1.09 bits per heavy atom. The van der Waals surface area contributed by atoms with Crippen LogP contribution in [-0.2, 0) is 6.42 Å². The van der Waals surface area contributed by atoms with E-state index in [9.17, 15) is 23.8 Å². The minimum Gasteiger partial charge on any atom is -0.390 e. The lowest BCUT2D eigenvalue weighted by atomic mass is 9.93. The van der Waals surface area contributed by atoms with Crippen LogP contribution < -0.4 is 4.90 Å². The van der Waals surface area contributed by atoms with Gasteiger partial charge in [0.1, 0.15) is 17.3 Å². The van der Waals surface area contributed by atoms with E-state index in [1.54, 1.807) is 18.5 Å². The fraction of sp³-hybridized carbons (Fsp3) is 0.292. The molecular formula is C24H23F2N3O3. The monoisotopic (exact) mass is 439 g/mol. The number of aromatic nitrogens is 2. The van der Waals surface area contributed by atoms with Crippen LogP contribution >= 0.6 is 0 Å². The molecule has 0 spiro atoms. The van der Waals surface area contributed by atoms with E-state index in [0.29, 0.717) is 12.1 Å². The van der Waals surface area contributed by atoms with Crippen molar-refractivity contribution in [3.8, 4) is 11.3 Å². The number of carbonyl (C=O) groups is 1. The molecule has 0 aliphatic carbocycles. The second-order valence-corrected chi connectivity index (χ2v) is 8.05. The van der Waals surface area contributed by atoms with Crippen LogP contribution in [0.15, 0.2) is 54.9 Å². The fourth-order valence-electron chi connectivity index (χ4n) is 4.04. The van der Waals surface area contributed by atoms with Gasteiger partial charge >= 0.3 is 0 Å². The molecule has 1 aromatic carbocycles. The molecule has 2 aromatic heterocycles. The van der Waals surface area contributed by atoms with E-state index in [0.717, 1.165) is 17.8 Å². The fourth-order valence-corrected chi connectivity index (χ4v) is 4.04. The number of aliphatic hydroxyl groups excluding tert-OH is 2. The van der Waals surface area contributed by atoms with Crippen LogP contribution in [0.25, 0.3) is 11.3 Å². The number of β-amino-alcohol motifs (C(OH)–C–C–N with tert-alkyl or cyclic N) is 1. The average Bonchev–Trinajstić information content (AvgIpc) is 2.77. The van der Waals surface area contributed by atoms with Gasteiger partial charge in [-0.05, 0) is 30.3 Å². The van der Waals surface area contributed by atoms with E-state index in [1.165, 1.54) is 24.3 Å². The predicted octanol–water partition coefficient (Wildman–Crippen LogP) is 3.03. The quantitative estimate of drug-likeness (QED) is 0.595. The van der Waals surface area contributed by atoms with Crippen LogP contribution in [0.3, 0.4) is 0 Å². The van der Waals surface area contributed by atoms with Crippen molar-refractivity contribution < 1.29 is 23.8 Å². The van der Waals surface area contributed by atoms with Gasteiger partial charge in [-0.1, -0.05) is 19.1 Å². The number of aliphatic hydroxyl groups is 2. The molecular weight excluding hydrogens is 416 g/mol. The van der Waals surface area contributed by atoms with Gasteiger partial charge in [-0.25, -0.2) is 13.8 Å². The summed E-state index contributed by atoms with van der Waals surface area (Å²) < 4.78 is 28.3. The Kier molecular flexibility index (Phi) is 6.25. The number of rotatable bonds is 5. The van der Waals surface area contributed by atoms with E-state index >= 15 is 0 Å². The molecule has 3 heterocycles. The summed E-state index contributed by atoms with van der Waals surface area (Å²) in [7, 11) is 0. The highest BCUT2D eigenvalue weighted by molar-refractivity contribution is 5.97. The van der Waals surface area contributed by atoms with E-state index in [4.69, 9.17) is 0 Å². The highest BCUT2D eigenvalue weighted by Crippen LogP contribution is 2.28. The van der Waals surface area contributed by atoms with Gasteiger partial charge in [0, 0.05) is 49.1 Å². The highest BCUT2D eigenvalue weighted by atomic mass is 19.1. The third-order valence-corrected chi connectivity index (χ3v) is 5.72. The Labute approximate surface area is 184 Å². The number of carbonyl (C=O) groups excluding carboxylic acids is 1. The predicted molar refractivity (Wildman–Crippen MR) is 115 cm³/mol. The number of Topliss-reactive ketones (excluding diaryl/α,β-unsaturated/α-hetero) is 1. The zero-order valence-electron chi connectivity index (χ0n) is 17.4. The maximum atomic E-state index is 14.1. The normalized spacial score (nSPS) is 20.9. The number of anilines is 1. The van der Waals surface area contributed by atoms with Crippen molar-refractivity contribution in [2.45, 2.75) is 25.6 Å². The molecule has 0 bridgehead atoms. The number of pyridine rings is 2. The van der Waals surface area contributed by atoms with Gasteiger partial charge in [-0.15, -0.1) is 0 Å². The van der Waals surface area contributed by atoms with Crippen molar-refractivity contribution in [3.05, 3.63) is 77.8 Å². The molecule has 166 valence electrons. The maximum Gasteiger partial charge on any atom is 0.185 e. The SMILES string of the molecule is C[C@H]1CN(c2ccncc2CC(=O)c2cccc(-c3c(F)cccc3F)n2)C[C@@H](O)[C@@H]1O. The number of ketones is 1. The van der Waals surface area contributed by atoms with Gasteiger partial charge in [-0.2, -0.15) is 0 Å². The number of halogens is 2. The lowest BCUT2D eigenvalue weighted by Crippen LogP contribution is -2.51. The summed E-state index contributed by atoms with van der Waals surface area (Å²) in [6.45, 7) is 2.60. The maximum absolute atomic E-state index is 14.1. The number of nitrogens with zero attached hydrogens (tertiary/aromatic N) is 3. The van der Waals surface area contributed by atoms with Crippen molar-refractivity contribution in [1.82, 2.24) is 9.97 Å². The van der Waals surface area contributed by atoms with Gasteiger partial charge in [-0.3, -0.25) is 9.78 Å². The lowest BCUT2D eigenvalue weighted by molar-refractivity contribution is -0.0213. The highest BCUT2D eigenvalue weighted by Gasteiger charge is 2.32. The average molecular weight is 439 g/mol. The summed E-state index contributed by atoms with van der Waals surface area (Å²) in [6, 6.07) is 9.81. The van der Waals surface area contributed by atoms with Crippen molar-refractivity contribution >= 4 is 11.5 Å². The van der Waals surface area contributed by atoms with Crippen molar-refractivity contribution in [2.24, 2.45) is 5.92 Å². The summed E-state index contributed by atoms with van der Waals surface area (Å²) in [5.74, 6) is -1.99. The van der Waals surface area contributed by atoms with E-state index in [2.05, 4.69) is 9.97 Å². The smallest absolute Gasteiger partial charge is 0.185 e. The number of piperidine rings is 1. The van der Waals surface area contributed by atoms with Crippen LogP contribution in [0.1, 0.15) is 23.0 Å². The van der Waals surface area contributed by atoms with Crippen LogP contribution in [0.2, 0.25) is 0 Å². The van der Waals surface area contributed by atoms with Crippen molar-refractivity contribution in [1.29, 1.82) is 0 Å². The molecule has 2 N–H and O–H groups in total. The summed E-state index contributed by atoms with van der Waals surface area (Å²) in [6.07, 6.45) is 1.46. The van der Waals surface area contributed by atoms with Crippen LogP contribution in [0.5, 0.6) is 0 Å². The van der Waals surface area contributed by atoms with E-state index in [-0.39, 0.29) is 41.6 Å². The summed E-state index contributed by atoms with van der Waals surface area (Å²) >= 11 is 0. The Morgan fingerprint density at radius 3 is 2.53 bits per heavy atom. The van der Waals surface area contributed by atoms with Crippen LogP contribution in [0, 0.1) is 17.6 Å². The van der Waals surface area contributed by atoms with E-state index < -0.39 is 23.8 Å². The summed E-state index contributed by atoms with van der Waals surface area (Å²) in [4.78, 5) is 23.2. The van der Waals surface area contributed by atoms with E-state index in [1.807, 2.05) is 11.8 Å². The van der Waals surface area contributed by atoms with Crippen LogP contribution in [-0.4, -0.2) is 51.3 Å². The largest absolute Gasteiger partial charge is 0.390 e. The number of hydrogen-bond acceptors (Lipinski definition) is 6. The summed E-state index contributed by atoms with van der Waals surface area (Å²) in [5.41, 5.74) is 1.22.